The zero-order chi connectivity index (χ0) is 14.8. The molecule has 0 spiro atoms. The molecule has 0 bridgehead atoms. The molecule has 2 aromatic heterocycles. The first-order chi connectivity index (χ1) is 10.2. The lowest BCUT2D eigenvalue weighted by atomic mass is 10.3. The fourth-order valence-electron chi connectivity index (χ4n) is 1.78. The van der Waals surface area contributed by atoms with E-state index in [4.69, 9.17) is 27.9 Å². The molecule has 0 amide bonds. The number of halogens is 2. The first kappa shape index (κ1) is 13.9. The van der Waals surface area contributed by atoms with Crippen LogP contribution in [0.4, 0.5) is 5.95 Å². The van der Waals surface area contributed by atoms with E-state index in [1.807, 2.05) is 6.92 Å². The number of H-pyrrole nitrogens is 1. The SMILES string of the molecule is CCNc1nc(Oc2ccc(Cl)cc2Cl)c2[nH]cnc2n1. The van der Waals surface area contributed by atoms with Gasteiger partial charge in [-0.25, -0.2) is 4.98 Å². The molecule has 0 aliphatic rings. The second-order valence-electron chi connectivity index (χ2n) is 4.16. The lowest BCUT2D eigenvalue weighted by molar-refractivity contribution is 0.468. The third-order valence-corrected chi connectivity index (χ3v) is 3.22. The number of hydrogen-bond acceptors (Lipinski definition) is 5. The first-order valence-corrected chi connectivity index (χ1v) is 7.01. The van der Waals surface area contributed by atoms with E-state index >= 15 is 0 Å². The molecule has 8 heteroatoms. The minimum Gasteiger partial charge on any atom is -0.435 e. The Balaban J connectivity index is 2.04. The van der Waals surface area contributed by atoms with Crippen LogP contribution in [-0.2, 0) is 0 Å². The van der Waals surface area contributed by atoms with Crippen LogP contribution in [-0.4, -0.2) is 26.5 Å². The van der Waals surface area contributed by atoms with Gasteiger partial charge in [-0.2, -0.15) is 9.97 Å². The Morgan fingerprint density at radius 1 is 1.29 bits per heavy atom. The predicted molar refractivity (Wildman–Crippen MR) is 82.4 cm³/mol. The quantitative estimate of drug-likeness (QED) is 0.761. The monoisotopic (exact) mass is 323 g/mol. The number of hydrogen-bond donors (Lipinski definition) is 2. The van der Waals surface area contributed by atoms with Gasteiger partial charge in [0.1, 0.15) is 11.3 Å². The number of aromatic nitrogens is 4. The molecule has 6 nitrogen and oxygen atoms in total. The highest BCUT2D eigenvalue weighted by Gasteiger charge is 2.13. The smallest absolute Gasteiger partial charge is 0.250 e. The van der Waals surface area contributed by atoms with Crippen LogP contribution in [0.3, 0.4) is 0 Å². The molecule has 1 aromatic carbocycles. The van der Waals surface area contributed by atoms with E-state index < -0.39 is 0 Å². The van der Waals surface area contributed by atoms with E-state index in [-0.39, 0.29) is 0 Å². The summed E-state index contributed by atoms with van der Waals surface area (Å²) in [5.74, 6) is 1.24. The van der Waals surface area contributed by atoms with Crippen LogP contribution in [0.25, 0.3) is 11.2 Å². The molecule has 0 unspecified atom stereocenters. The third-order valence-electron chi connectivity index (χ3n) is 2.69. The van der Waals surface area contributed by atoms with E-state index in [0.29, 0.717) is 45.3 Å². The van der Waals surface area contributed by atoms with Gasteiger partial charge in [-0.3, -0.25) is 0 Å². The summed E-state index contributed by atoms with van der Waals surface area (Å²) in [7, 11) is 0. The van der Waals surface area contributed by atoms with Crippen molar-refractivity contribution in [3.05, 3.63) is 34.6 Å². The standard InChI is InChI=1S/C13H11Cl2N5O/c1-2-16-13-19-11-10(17-6-18-11)12(20-13)21-9-4-3-7(14)5-8(9)15/h3-6H,2H2,1H3,(H2,16,17,18,19,20). The van der Waals surface area contributed by atoms with Gasteiger partial charge in [-0.05, 0) is 25.1 Å². The third kappa shape index (κ3) is 2.86. The Labute approximate surface area is 130 Å². The van der Waals surface area contributed by atoms with Crippen molar-refractivity contribution in [2.45, 2.75) is 6.92 Å². The molecule has 0 fully saturated rings. The summed E-state index contributed by atoms with van der Waals surface area (Å²) in [6.45, 7) is 2.64. The molecular formula is C13H11Cl2N5O. The maximum Gasteiger partial charge on any atom is 0.250 e. The van der Waals surface area contributed by atoms with E-state index in [1.54, 1.807) is 18.2 Å². The molecule has 0 saturated carbocycles. The summed E-state index contributed by atoms with van der Waals surface area (Å²) < 4.78 is 5.77. The second kappa shape index (κ2) is 5.75. The molecule has 0 atom stereocenters. The maximum atomic E-state index is 6.11. The van der Waals surface area contributed by atoms with E-state index in [0.717, 1.165) is 0 Å². The minimum absolute atomic E-state index is 0.345. The van der Waals surface area contributed by atoms with Crippen molar-refractivity contribution in [2.24, 2.45) is 0 Å². The van der Waals surface area contributed by atoms with Gasteiger partial charge in [-0.1, -0.05) is 23.2 Å². The van der Waals surface area contributed by atoms with Crippen LogP contribution < -0.4 is 10.1 Å². The molecule has 108 valence electrons. The lowest BCUT2D eigenvalue weighted by Crippen LogP contribution is -2.03. The van der Waals surface area contributed by atoms with Gasteiger partial charge in [0.05, 0.1) is 11.3 Å². The number of benzene rings is 1. The summed E-state index contributed by atoms with van der Waals surface area (Å²) in [4.78, 5) is 15.6. The number of ether oxygens (including phenoxy) is 1. The number of anilines is 1. The molecule has 3 aromatic rings. The van der Waals surface area contributed by atoms with Crippen molar-refractivity contribution in [3.63, 3.8) is 0 Å². The summed E-state index contributed by atoms with van der Waals surface area (Å²) in [6, 6.07) is 4.98. The molecular weight excluding hydrogens is 313 g/mol. The second-order valence-corrected chi connectivity index (χ2v) is 5.00. The topological polar surface area (TPSA) is 75.7 Å². The normalized spacial score (nSPS) is 10.8. The van der Waals surface area contributed by atoms with Gasteiger partial charge in [-0.15, -0.1) is 0 Å². The highest BCUT2D eigenvalue weighted by Crippen LogP contribution is 2.33. The van der Waals surface area contributed by atoms with Crippen molar-refractivity contribution in [3.8, 4) is 11.6 Å². The molecule has 3 rings (SSSR count). The number of nitrogens with zero attached hydrogens (tertiary/aromatic N) is 3. The molecule has 2 N–H and O–H groups in total. The van der Waals surface area contributed by atoms with Gasteiger partial charge >= 0.3 is 0 Å². The number of fused-ring (bicyclic) bond motifs is 1. The molecule has 0 saturated heterocycles. The zero-order valence-electron chi connectivity index (χ0n) is 11.0. The van der Waals surface area contributed by atoms with E-state index in [9.17, 15) is 0 Å². The molecule has 0 radical (unpaired) electrons. The van der Waals surface area contributed by atoms with Crippen molar-refractivity contribution >= 4 is 40.3 Å². The average Bonchev–Trinajstić information content (AvgIpc) is 2.91. The summed E-state index contributed by atoms with van der Waals surface area (Å²) in [5.41, 5.74) is 1.11. The van der Waals surface area contributed by atoms with Gasteiger partial charge in [0.15, 0.2) is 5.65 Å². The van der Waals surface area contributed by atoms with Crippen LogP contribution in [0, 0.1) is 0 Å². The van der Waals surface area contributed by atoms with Crippen molar-refractivity contribution in [1.29, 1.82) is 0 Å². The average molecular weight is 324 g/mol. The summed E-state index contributed by atoms with van der Waals surface area (Å²) >= 11 is 12.0. The van der Waals surface area contributed by atoms with Gasteiger partial charge in [0.2, 0.25) is 5.95 Å². The number of nitrogens with one attached hydrogen (secondary N) is 2. The minimum atomic E-state index is 0.345. The number of imidazole rings is 1. The summed E-state index contributed by atoms with van der Waals surface area (Å²) in [5, 5.41) is 3.97. The highest BCUT2D eigenvalue weighted by molar-refractivity contribution is 6.35. The van der Waals surface area contributed by atoms with Crippen LogP contribution >= 0.6 is 23.2 Å². The van der Waals surface area contributed by atoms with Gasteiger partial charge < -0.3 is 15.0 Å². The van der Waals surface area contributed by atoms with E-state index in [2.05, 4.69) is 25.3 Å². The van der Waals surface area contributed by atoms with Crippen molar-refractivity contribution in [1.82, 2.24) is 19.9 Å². The Hall–Kier alpha value is -2.05. The fourth-order valence-corrected chi connectivity index (χ4v) is 2.23. The summed E-state index contributed by atoms with van der Waals surface area (Å²) in [6.07, 6.45) is 1.53. The van der Waals surface area contributed by atoms with Crippen LogP contribution in [0.5, 0.6) is 11.6 Å². The maximum absolute atomic E-state index is 6.11. The molecule has 0 aliphatic carbocycles. The largest absolute Gasteiger partial charge is 0.435 e. The lowest BCUT2D eigenvalue weighted by Gasteiger charge is -2.09. The van der Waals surface area contributed by atoms with Gasteiger partial charge in [0.25, 0.3) is 5.88 Å². The molecule has 21 heavy (non-hydrogen) atoms. The van der Waals surface area contributed by atoms with Gasteiger partial charge in [0, 0.05) is 11.6 Å². The zero-order valence-corrected chi connectivity index (χ0v) is 12.5. The van der Waals surface area contributed by atoms with Crippen LogP contribution in [0.2, 0.25) is 10.0 Å². The molecule has 2 heterocycles. The Morgan fingerprint density at radius 3 is 2.90 bits per heavy atom. The fraction of sp³-hybridized carbons (Fsp3) is 0.154. The van der Waals surface area contributed by atoms with Crippen molar-refractivity contribution < 1.29 is 4.74 Å². The predicted octanol–water partition coefficient (Wildman–Crippen LogP) is 3.88. The van der Waals surface area contributed by atoms with Crippen LogP contribution in [0.15, 0.2) is 24.5 Å². The number of rotatable bonds is 4. The number of aromatic amines is 1. The van der Waals surface area contributed by atoms with Crippen molar-refractivity contribution in [2.75, 3.05) is 11.9 Å². The Morgan fingerprint density at radius 2 is 2.14 bits per heavy atom. The Kier molecular flexibility index (Phi) is 3.81. The van der Waals surface area contributed by atoms with Crippen LogP contribution in [0.1, 0.15) is 6.92 Å². The van der Waals surface area contributed by atoms with E-state index in [1.165, 1.54) is 6.33 Å². The first-order valence-electron chi connectivity index (χ1n) is 6.25. The Bertz CT molecular complexity index is 789. The molecule has 0 aliphatic heterocycles. The highest BCUT2D eigenvalue weighted by atomic mass is 35.5.